The summed E-state index contributed by atoms with van der Waals surface area (Å²) < 4.78 is 34.7. The molecule has 0 atom stereocenters. The molecule has 0 aliphatic rings. The van der Waals surface area contributed by atoms with E-state index in [1.807, 2.05) is 12.3 Å². The number of aryl methyl sites for hydroxylation is 2. The lowest BCUT2D eigenvalue weighted by molar-refractivity contribution is 0.411. The predicted octanol–water partition coefficient (Wildman–Crippen LogP) is 1.94. The van der Waals surface area contributed by atoms with E-state index in [1.54, 1.807) is 30.7 Å². The van der Waals surface area contributed by atoms with Crippen molar-refractivity contribution in [3.63, 3.8) is 0 Å². The number of nitrogens with zero attached hydrogens (tertiary/aromatic N) is 3. The van der Waals surface area contributed by atoms with E-state index in [1.165, 1.54) is 17.7 Å². The van der Waals surface area contributed by atoms with Crippen LogP contribution in [0.25, 0.3) is 4.96 Å². The van der Waals surface area contributed by atoms with Gasteiger partial charge in [0.2, 0.25) is 15.0 Å². The van der Waals surface area contributed by atoms with Gasteiger partial charge in [0, 0.05) is 18.3 Å². The quantitative estimate of drug-likeness (QED) is 0.720. The van der Waals surface area contributed by atoms with E-state index in [9.17, 15) is 8.42 Å². The van der Waals surface area contributed by atoms with Gasteiger partial charge in [0.1, 0.15) is 12.1 Å². The van der Waals surface area contributed by atoms with E-state index >= 15 is 0 Å². The summed E-state index contributed by atoms with van der Waals surface area (Å²) in [6.07, 6.45) is 2.03. The van der Waals surface area contributed by atoms with Gasteiger partial charge in [-0.25, -0.2) is 22.6 Å². The highest BCUT2D eigenvalue weighted by Gasteiger charge is 2.18. The molecular formula is C15H18N4O3S2. The molecule has 0 radical (unpaired) electrons. The third kappa shape index (κ3) is 3.14. The second-order valence-electron chi connectivity index (χ2n) is 5.42. The first-order chi connectivity index (χ1) is 11.4. The molecule has 1 aromatic carbocycles. The van der Waals surface area contributed by atoms with Crippen molar-refractivity contribution < 1.29 is 13.2 Å². The van der Waals surface area contributed by atoms with E-state index in [-0.39, 0.29) is 4.90 Å². The van der Waals surface area contributed by atoms with Crippen molar-refractivity contribution in [1.29, 1.82) is 0 Å². The Morgan fingerprint density at radius 3 is 2.83 bits per heavy atom. The van der Waals surface area contributed by atoms with Crippen molar-refractivity contribution in [2.75, 3.05) is 13.7 Å². The van der Waals surface area contributed by atoms with E-state index < -0.39 is 10.0 Å². The molecule has 0 aliphatic heterocycles. The zero-order valence-electron chi connectivity index (χ0n) is 13.6. The van der Waals surface area contributed by atoms with Crippen molar-refractivity contribution in [2.45, 2.75) is 25.2 Å². The summed E-state index contributed by atoms with van der Waals surface area (Å²) in [5.41, 5.74) is 2.36. The monoisotopic (exact) mass is 366 g/mol. The molecule has 0 aliphatic carbocycles. The average Bonchev–Trinajstić information content (AvgIpc) is 3.13. The number of fused-ring (bicyclic) bond motifs is 1. The molecule has 0 fully saturated rings. The predicted molar refractivity (Wildman–Crippen MR) is 92.2 cm³/mol. The lowest BCUT2D eigenvalue weighted by atomic mass is 10.1. The van der Waals surface area contributed by atoms with Gasteiger partial charge in [0.05, 0.1) is 17.7 Å². The Bertz CT molecular complexity index is 976. The molecule has 0 unspecified atom stereocenters. The first kappa shape index (κ1) is 16.9. The number of benzene rings is 1. The van der Waals surface area contributed by atoms with E-state index in [0.29, 0.717) is 24.3 Å². The molecule has 24 heavy (non-hydrogen) atoms. The SMILES string of the molecule is COc1cc(C)c(S(=O)(=O)NCCc2csc3ncnn23)cc1C. The molecule has 0 saturated heterocycles. The van der Waals surface area contributed by atoms with Gasteiger partial charge in [-0.05, 0) is 37.1 Å². The highest BCUT2D eigenvalue weighted by Crippen LogP contribution is 2.25. The van der Waals surface area contributed by atoms with Crippen molar-refractivity contribution in [3.8, 4) is 5.75 Å². The van der Waals surface area contributed by atoms with Gasteiger partial charge in [-0.1, -0.05) is 0 Å². The average molecular weight is 366 g/mol. The smallest absolute Gasteiger partial charge is 0.240 e. The maximum absolute atomic E-state index is 12.6. The fraction of sp³-hybridized carbons (Fsp3) is 0.333. The van der Waals surface area contributed by atoms with Crippen LogP contribution in [0.3, 0.4) is 0 Å². The largest absolute Gasteiger partial charge is 0.496 e. The number of thiazole rings is 1. The normalized spacial score (nSPS) is 12.0. The molecule has 0 spiro atoms. The van der Waals surface area contributed by atoms with Crippen LogP contribution in [-0.4, -0.2) is 36.7 Å². The molecule has 128 valence electrons. The van der Waals surface area contributed by atoms with Gasteiger partial charge in [-0.15, -0.1) is 11.3 Å². The van der Waals surface area contributed by atoms with Gasteiger partial charge in [-0.3, -0.25) is 0 Å². The van der Waals surface area contributed by atoms with Gasteiger partial charge in [0.15, 0.2) is 0 Å². The van der Waals surface area contributed by atoms with E-state index in [2.05, 4.69) is 14.8 Å². The molecule has 3 aromatic rings. The summed E-state index contributed by atoms with van der Waals surface area (Å²) in [5, 5.41) is 6.06. The number of ether oxygens (including phenoxy) is 1. The summed E-state index contributed by atoms with van der Waals surface area (Å²) in [4.78, 5) is 5.18. The minimum Gasteiger partial charge on any atom is -0.496 e. The number of rotatable bonds is 6. The van der Waals surface area contributed by atoms with Gasteiger partial charge < -0.3 is 4.74 Å². The lowest BCUT2D eigenvalue weighted by Crippen LogP contribution is -2.27. The van der Waals surface area contributed by atoms with Gasteiger partial charge >= 0.3 is 0 Å². The Morgan fingerprint density at radius 2 is 2.08 bits per heavy atom. The van der Waals surface area contributed by atoms with Crippen LogP contribution in [0.4, 0.5) is 0 Å². The molecule has 1 N–H and O–H groups in total. The molecular weight excluding hydrogens is 348 g/mol. The first-order valence-electron chi connectivity index (χ1n) is 7.33. The molecule has 0 amide bonds. The Kier molecular flexibility index (Phi) is 4.57. The van der Waals surface area contributed by atoms with Crippen LogP contribution >= 0.6 is 11.3 Å². The van der Waals surface area contributed by atoms with Crippen molar-refractivity contribution in [1.82, 2.24) is 19.3 Å². The third-order valence-electron chi connectivity index (χ3n) is 3.74. The zero-order chi connectivity index (χ0) is 17.3. The van der Waals surface area contributed by atoms with Crippen molar-refractivity contribution in [2.24, 2.45) is 0 Å². The molecule has 9 heteroatoms. The van der Waals surface area contributed by atoms with Crippen molar-refractivity contribution in [3.05, 3.63) is 40.7 Å². The van der Waals surface area contributed by atoms with Crippen LogP contribution in [-0.2, 0) is 16.4 Å². The lowest BCUT2D eigenvalue weighted by Gasteiger charge is -2.12. The fourth-order valence-electron chi connectivity index (χ4n) is 2.51. The Hall–Kier alpha value is -1.97. The number of methoxy groups -OCH3 is 1. The summed E-state index contributed by atoms with van der Waals surface area (Å²) in [7, 11) is -2.01. The van der Waals surface area contributed by atoms with Crippen LogP contribution in [0.15, 0.2) is 28.7 Å². The first-order valence-corrected chi connectivity index (χ1v) is 9.69. The summed E-state index contributed by atoms with van der Waals surface area (Å²) in [6, 6.07) is 3.37. The van der Waals surface area contributed by atoms with Crippen LogP contribution < -0.4 is 9.46 Å². The minimum absolute atomic E-state index is 0.275. The molecule has 2 heterocycles. The molecule has 0 bridgehead atoms. The second kappa shape index (κ2) is 6.50. The number of aromatic nitrogens is 3. The Balaban J connectivity index is 1.74. The maximum atomic E-state index is 12.6. The standard InChI is InChI=1S/C15H18N4O3S2/c1-10-7-14(11(2)6-13(10)22-3)24(20,21)18-5-4-12-8-23-15-16-9-17-19(12)15/h6-9,18H,4-5H2,1-3H3. The minimum atomic E-state index is -3.58. The molecule has 2 aromatic heterocycles. The number of hydrogen-bond donors (Lipinski definition) is 1. The van der Waals surface area contributed by atoms with Crippen LogP contribution in [0.1, 0.15) is 16.8 Å². The van der Waals surface area contributed by atoms with Gasteiger partial charge in [-0.2, -0.15) is 5.10 Å². The summed E-state index contributed by atoms with van der Waals surface area (Å²) in [6.45, 7) is 3.87. The zero-order valence-corrected chi connectivity index (χ0v) is 15.2. The van der Waals surface area contributed by atoms with Crippen LogP contribution in [0.5, 0.6) is 5.75 Å². The van der Waals surface area contributed by atoms with Gasteiger partial charge in [0.25, 0.3) is 0 Å². The van der Waals surface area contributed by atoms with E-state index in [0.717, 1.165) is 16.2 Å². The number of sulfonamides is 1. The number of hydrogen-bond acceptors (Lipinski definition) is 6. The third-order valence-corrected chi connectivity index (χ3v) is 6.23. The highest BCUT2D eigenvalue weighted by molar-refractivity contribution is 7.89. The second-order valence-corrected chi connectivity index (χ2v) is 7.99. The molecule has 7 nitrogen and oxygen atoms in total. The molecule has 3 rings (SSSR count). The van der Waals surface area contributed by atoms with Crippen molar-refractivity contribution >= 4 is 26.3 Å². The Morgan fingerprint density at radius 1 is 1.29 bits per heavy atom. The summed E-state index contributed by atoms with van der Waals surface area (Å²) >= 11 is 1.48. The topological polar surface area (TPSA) is 85.6 Å². The fourth-order valence-corrected chi connectivity index (χ4v) is 4.68. The Labute approximate surface area is 144 Å². The molecule has 0 saturated carbocycles. The van der Waals surface area contributed by atoms with Crippen LogP contribution in [0.2, 0.25) is 0 Å². The van der Waals surface area contributed by atoms with Crippen LogP contribution in [0, 0.1) is 13.8 Å². The van der Waals surface area contributed by atoms with E-state index in [4.69, 9.17) is 4.74 Å². The highest BCUT2D eigenvalue weighted by atomic mass is 32.2. The maximum Gasteiger partial charge on any atom is 0.240 e. The number of nitrogens with one attached hydrogen (secondary N) is 1. The summed E-state index contributed by atoms with van der Waals surface area (Å²) in [5.74, 6) is 0.679.